The number of pyridine rings is 1. The molecule has 1 aromatic heterocycles. The van der Waals surface area contributed by atoms with Gasteiger partial charge in [-0.1, -0.05) is 17.7 Å². The summed E-state index contributed by atoms with van der Waals surface area (Å²) in [5, 5.41) is 0.647. The van der Waals surface area contributed by atoms with Crippen molar-refractivity contribution in [3.05, 3.63) is 53.3 Å². The molecule has 2 aromatic rings. The van der Waals surface area contributed by atoms with Gasteiger partial charge in [0.1, 0.15) is 11.5 Å². The molecule has 0 amide bonds. The van der Waals surface area contributed by atoms with Gasteiger partial charge in [-0.05, 0) is 42.8 Å². The van der Waals surface area contributed by atoms with E-state index in [2.05, 4.69) is 4.98 Å². The molecule has 0 radical (unpaired) electrons. The van der Waals surface area contributed by atoms with Crippen molar-refractivity contribution in [2.75, 3.05) is 6.54 Å². The van der Waals surface area contributed by atoms with Gasteiger partial charge in [0, 0.05) is 11.2 Å². The first kappa shape index (κ1) is 11.9. The van der Waals surface area contributed by atoms with E-state index in [1.54, 1.807) is 24.5 Å². The van der Waals surface area contributed by atoms with Crippen LogP contribution in [0.3, 0.4) is 0 Å². The first-order chi connectivity index (χ1) is 8.28. The lowest BCUT2D eigenvalue weighted by Gasteiger charge is -2.06. The molecule has 1 heterocycles. The third-order valence-electron chi connectivity index (χ3n) is 2.23. The average Bonchev–Trinajstić information content (AvgIpc) is 2.30. The molecule has 2 rings (SSSR count). The molecule has 0 unspecified atom stereocenters. The Labute approximate surface area is 105 Å². The Morgan fingerprint density at radius 3 is 2.82 bits per heavy atom. The molecule has 88 valence electrons. The van der Waals surface area contributed by atoms with Gasteiger partial charge in [-0.25, -0.2) is 0 Å². The van der Waals surface area contributed by atoms with E-state index in [4.69, 9.17) is 22.1 Å². The van der Waals surface area contributed by atoms with Gasteiger partial charge in [-0.2, -0.15) is 0 Å². The van der Waals surface area contributed by atoms with Crippen LogP contribution in [0.5, 0.6) is 11.5 Å². The number of aromatic nitrogens is 1. The largest absolute Gasteiger partial charge is 0.456 e. The topological polar surface area (TPSA) is 48.1 Å². The number of halogens is 1. The Balaban J connectivity index is 2.15. The monoisotopic (exact) mass is 248 g/mol. The van der Waals surface area contributed by atoms with Crippen molar-refractivity contribution in [3.8, 4) is 11.5 Å². The number of rotatable bonds is 4. The Hall–Kier alpha value is -1.58. The molecule has 2 N–H and O–H groups in total. The second kappa shape index (κ2) is 5.66. The fourth-order valence-electron chi connectivity index (χ4n) is 1.49. The van der Waals surface area contributed by atoms with Crippen molar-refractivity contribution in [1.82, 2.24) is 4.98 Å². The lowest BCUT2D eigenvalue weighted by atomic mass is 10.2. The molecule has 0 atom stereocenters. The van der Waals surface area contributed by atoms with Crippen LogP contribution in [0, 0.1) is 0 Å². The van der Waals surface area contributed by atoms with Crippen LogP contribution in [0.25, 0.3) is 0 Å². The fraction of sp³-hybridized carbons (Fsp3) is 0.154. The lowest BCUT2D eigenvalue weighted by molar-refractivity contribution is 0.479. The van der Waals surface area contributed by atoms with Gasteiger partial charge < -0.3 is 10.5 Å². The van der Waals surface area contributed by atoms with E-state index >= 15 is 0 Å². The van der Waals surface area contributed by atoms with Gasteiger partial charge in [-0.3, -0.25) is 4.98 Å². The van der Waals surface area contributed by atoms with Crippen LogP contribution in [-0.2, 0) is 6.42 Å². The molecule has 0 aliphatic carbocycles. The van der Waals surface area contributed by atoms with E-state index in [0.717, 1.165) is 12.0 Å². The zero-order valence-electron chi connectivity index (χ0n) is 9.27. The average molecular weight is 249 g/mol. The van der Waals surface area contributed by atoms with E-state index in [9.17, 15) is 0 Å². The standard InChI is InChI=1S/C13H13ClN2O/c14-11-2-1-3-12(7-11)17-13-6-10(4-5-15)8-16-9-13/h1-3,6-9H,4-5,15H2. The zero-order chi connectivity index (χ0) is 12.1. The summed E-state index contributed by atoms with van der Waals surface area (Å²) in [7, 11) is 0. The van der Waals surface area contributed by atoms with Crippen LogP contribution >= 0.6 is 11.6 Å². The number of nitrogens with two attached hydrogens (primary N) is 1. The normalized spacial score (nSPS) is 10.2. The molecule has 17 heavy (non-hydrogen) atoms. The van der Waals surface area contributed by atoms with Crippen LogP contribution in [0.2, 0.25) is 5.02 Å². The van der Waals surface area contributed by atoms with Crippen molar-refractivity contribution in [2.45, 2.75) is 6.42 Å². The van der Waals surface area contributed by atoms with Crippen LogP contribution < -0.4 is 10.5 Å². The molecule has 0 aliphatic rings. The van der Waals surface area contributed by atoms with E-state index in [1.807, 2.05) is 18.2 Å². The molecular formula is C13H13ClN2O. The molecule has 0 aliphatic heterocycles. The summed E-state index contributed by atoms with van der Waals surface area (Å²) in [6.45, 7) is 0.600. The molecule has 0 fully saturated rings. The van der Waals surface area contributed by atoms with Gasteiger partial charge in [0.15, 0.2) is 0 Å². The van der Waals surface area contributed by atoms with E-state index in [-0.39, 0.29) is 0 Å². The number of hydrogen-bond acceptors (Lipinski definition) is 3. The second-order valence-corrected chi connectivity index (χ2v) is 4.06. The first-order valence-electron chi connectivity index (χ1n) is 5.35. The predicted octanol–water partition coefficient (Wildman–Crippen LogP) is 3.03. The highest BCUT2D eigenvalue weighted by molar-refractivity contribution is 6.30. The molecule has 0 spiro atoms. The minimum absolute atomic E-state index is 0.600. The summed E-state index contributed by atoms with van der Waals surface area (Å²) in [6.07, 6.45) is 4.25. The molecule has 1 aromatic carbocycles. The summed E-state index contributed by atoms with van der Waals surface area (Å²) in [4.78, 5) is 4.11. The molecule has 0 saturated heterocycles. The maximum atomic E-state index is 5.88. The maximum absolute atomic E-state index is 5.88. The molecular weight excluding hydrogens is 236 g/mol. The minimum Gasteiger partial charge on any atom is -0.456 e. The molecule has 3 nitrogen and oxygen atoms in total. The predicted molar refractivity (Wildman–Crippen MR) is 68.5 cm³/mol. The van der Waals surface area contributed by atoms with Gasteiger partial charge in [0.25, 0.3) is 0 Å². The Kier molecular flexibility index (Phi) is 3.96. The van der Waals surface area contributed by atoms with Crippen LogP contribution in [0.15, 0.2) is 42.7 Å². The Morgan fingerprint density at radius 1 is 1.18 bits per heavy atom. The molecule has 0 bridgehead atoms. The first-order valence-corrected chi connectivity index (χ1v) is 5.73. The van der Waals surface area contributed by atoms with Crippen molar-refractivity contribution >= 4 is 11.6 Å². The van der Waals surface area contributed by atoms with Crippen LogP contribution in [0.4, 0.5) is 0 Å². The smallest absolute Gasteiger partial charge is 0.145 e. The van der Waals surface area contributed by atoms with Crippen molar-refractivity contribution in [1.29, 1.82) is 0 Å². The summed E-state index contributed by atoms with van der Waals surface area (Å²) in [5.74, 6) is 1.39. The number of ether oxygens (including phenoxy) is 1. The molecule has 4 heteroatoms. The van der Waals surface area contributed by atoms with Crippen molar-refractivity contribution < 1.29 is 4.74 Å². The van der Waals surface area contributed by atoms with E-state index in [1.165, 1.54) is 0 Å². The highest BCUT2D eigenvalue weighted by atomic mass is 35.5. The van der Waals surface area contributed by atoms with Gasteiger partial charge >= 0.3 is 0 Å². The van der Waals surface area contributed by atoms with E-state index in [0.29, 0.717) is 23.1 Å². The van der Waals surface area contributed by atoms with Crippen molar-refractivity contribution in [2.24, 2.45) is 5.73 Å². The number of hydrogen-bond donors (Lipinski definition) is 1. The number of nitrogens with zero attached hydrogens (tertiary/aromatic N) is 1. The lowest BCUT2D eigenvalue weighted by Crippen LogP contribution is -2.03. The fourth-order valence-corrected chi connectivity index (χ4v) is 1.67. The minimum atomic E-state index is 0.600. The van der Waals surface area contributed by atoms with Gasteiger partial charge in [0.2, 0.25) is 0 Å². The summed E-state index contributed by atoms with van der Waals surface area (Å²) in [5.41, 5.74) is 6.56. The SMILES string of the molecule is NCCc1cncc(Oc2cccc(Cl)c2)c1. The third-order valence-corrected chi connectivity index (χ3v) is 2.47. The Morgan fingerprint density at radius 2 is 2.06 bits per heavy atom. The van der Waals surface area contributed by atoms with E-state index < -0.39 is 0 Å². The highest BCUT2D eigenvalue weighted by Crippen LogP contribution is 2.24. The highest BCUT2D eigenvalue weighted by Gasteiger charge is 2.00. The van der Waals surface area contributed by atoms with Crippen LogP contribution in [-0.4, -0.2) is 11.5 Å². The molecule has 0 saturated carbocycles. The summed E-state index contributed by atoms with van der Waals surface area (Å²) in [6, 6.07) is 9.19. The second-order valence-electron chi connectivity index (χ2n) is 3.63. The van der Waals surface area contributed by atoms with Crippen LogP contribution in [0.1, 0.15) is 5.56 Å². The third kappa shape index (κ3) is 3.44. The number of benzene rings is 1. The van der Waals surface area contributed by atoms with Crippen molar-refractivity contribution in [3.63, 3.8) is 0 Å². The maximum Gasteiger partial charge on any atom is 0.145 e. The Bertz CT molecular complexity index is 502. The van der Waals surface area contributed by atoms with Gasteiger partial charge in [0.05, 0.1) is 6.20 Å². The zero-order valence-corrected chi connectivity index (χ0v) is 10.0. The quantitative estimate of drug-likeness (QED) is 0.905. The van der Waals surface area contributed by atoms with Gasteiger partial charge in [-0.15, -0.1) is 0 Å². The summed E-state index contributed by atoms with van der Waals surface area (Å²) < 4.78 is 5.66. The summed E-state index contributed by atoms with van der Waals surface area (Å²) >= 11 is 5.88.